The molecule has 2 atom stereocenters. The van der Waals surface area contributed by atoms with Crippen molar-refractivity contribution < 1.29 is 4.79 Å². The van der Waals surface area contributed by atoms with Gasteiger partial charge in [0.2, 0.25) is 0 Å². The Morgan fingerprint density at radius 2 is 2.06 bits per heavy atom. The molecule has 2 N–H and O–H groups in total. The molecule has 3 nitrogen and oxygen atoms in total. The van der Waals surface area contributed by atoms with Crippen molar-refractivity contribution in [2.45, 2.75) is 6.04 Å². The number of hydrogen-bond donors (Lipinski definition) is 2. The first-order chi connectivity index (χ1) is 8.16. The maximum absolute atomic E-state index is 12.0. The molecule has 2 unspecified atom stereocenters. The number of fused-ring (bicyclic) bond motifs is 1. The lowest BCUT2D eigenvalue weighted by atomic mass is 10.2. The number of hydrogen-bond acceptors (Lipinski definition) is 2. The highest BCUT2D eigenvalue weighted by atomic mass is 79.9. The Balaban J connectivity index is 0.00000120. The lowest BCUT2D eigenvalue weighted by Crippen LogP contribution is -2.32. The molecule has 6 heteroatoms. The van der Waals surface area contributed by atoms with E-state index in [2.05, 4.69) is 26.6 Å². The number of nitrogens with one attached hydrogen (secondary N) is 2. The minimum absolute atomic E-state index is 0. The topological polar surface area (TPSA) is 41.1 Å². The third-order valence-corrected chi connectivity index (χ3v) is 4.37. The molecule has 3 rings (SSSR count). The lowest BCUT2D eigenvalue weighted by molar-refractivity contribution is 0.0946. The van der Waals surface area contributed by atoms with Crippen molar-refractivity contribution in [2.24, 2.45) is 11.8 Å². The fourth-order valence-electron chi connectivity index (χ4n) is 2.54. The Morgan fingerprint density at radius 1 is 1.39 bits per heavy atom. The van der Waals surface area contributed by atoms with E-state index < -0.39 is 0 Å². The molecule has 18 heavy (non-hydrogen) atoms. The molecule has 2 aliphatic rings. The molecule has 1 saturated heterocycles. The summed E-state index contributed by atoms with van der Waals surface area (Å²) in [6.07, 6.45) is 0. The highest BCUT2D eigenvalue weighted by Gasteiger charge is 2.53. The Bertz CT molecular complexity index is 473. The summed E-state index contributed by atoms with van der Waals surface area (Å²) >= 11 is 9.37. The van der Waals surface area contributed by atoms with Gasteiger partial charge in [-0.15, -0.1) is 12.4 Å². The van der Waals surface area contributed by atoms with Crippen LogP contribution in [0.2, 0.25) is 5.02 Å². The van der Waals surface area contributed by atoms with Gasteiger partial charge in [-0.1, -0.05) is 27.5 Å². The fraction of sp³-hybridized carbons (Fsp3) is 0.417. The van der Waals surface area contributed by atoms with Gasteiger partial charge in [-0.3, -0.25) is 4.79 Å². The van der Waals surface area contributed by atoms with Crippen LogP contribution in [0, 0.1) is 11.8 Å². The average molecular weight is 352 g/mol. The van der Waals surface area contributed by atoms with Gasteiger partial charge in [0.05, 0.1) is 10.6 Å². The second-order valence-electron chi connectivity index (χ2n) is 4.61. The van der Waals surface area contributed by atoms with E-state index in [4.69, 9.17) is 11.6 Å². The van der Waals surface area contributed by atoms with Gasteiger partial charge in [0.1, 0.15) is 0 Å². The van der Waals surface area contributed by atoms with Crippen LogP contribution in [0.4, 0.5) is 0 Å². The van der Waals surface area contributed by atoms with Crippen molar-refractivity contribution in [3.63, 3.8) is 0 Å². The van der Waals surface area contributed by atoms with Crippen LogP contribution in [0.1, 0.15) is 10.4 Å². The van der Waals surface area contributed by atoms with Crippen molar-refractivity contribution in [1.82, 2.24) is 10.6 Å². The molecule has 1 amide bonds. The van der Waals surface area contributed by atoms with Crippen LogP contribution >= 0.6 is 39.9 Å². The van der Waals surface area contributed by atoms with Crippen LogP contribution in [0.3, 0.4) is 0 Å². The highest BCUT2D eigenvalue weighted by Crippen LogP contribution is 2.41. The fourth-order valence-corrected chi connectivity index (χ4v) is 3.29. The predicted molar refractivity (Wildman–Crippen MR) is 77.5 cm³/mol. The average Bonchev–Trinajstić information content (AvgIpc) is 2.74. The van der Waals surface area contributed by atoms with Gasteiger partial charge in [-0.25, -0.2) is 0 Å². The molecule has 0 spiro atoms. The number of rotatable bonds is 2. The van der Waals surface area contributed by atoms with Crippen LogP contribution in [-0.2, 0) is 0 Å². The van der Waals surface area contributed by atoms with Gasteiger partial charge in [-0.05, 0) is 30.0 Å². The largest absolute Gasteiger partial charge is 0.349 e. The maximum atomic E-state index is 12.0. The third-order valence-electron chi connectivity index (χ3n) is 3.57. The standard InChI is InChI=1S/C12H12BrClN2O.ClH/c13-6-1-2-7(10(14)3-6)12(17)16-11-8-4-15-5-9(8)11;/h1-3,8-9,11,15H,4-5H2,(H,16,17);1H. The van der Waals surface area contributed by atoms with Gasteiger partial charge < -0.3 is 10.6 Å². The SMILES string of the molecule is Cl.O=C(NC1C2CNCC21)c1ccc(Br)cc1Cl. The summed E-state index contributed by atoms with van der Waals surface area (Å²) in [7, 11) is 0. The second-order valence-corrected chi connectivity index (χ2v) is 5.93. The number of carbonyl (C=O) groups is 1. The molecule has 2 fully saturated rings. The number of benzene rings is 1. The van der Waals surface area contributed by atoms with Crippen LogP contribution in [0.25, 0.3) is 0 Å². The molecular formula is C12H13BrCl2N2O. The molecule has 1 aliphatic carbocycles. The van der Waals surface area contributed by atoms with Gasteiger partial charge in [0.25, 0.3) is 5.91 Å². The zero-order valence-electron chi connectivity index (χ0n) is 9.45. The first kappa shape index (κ1) is 14.1. The van der Waals surface area contributed by atoms with E-state index in [0.29, 0.717) is 28.5 Å². The van der Waals surface area contributed by atoms with E-state index >= 15 is 0 Å². The quantitative estimate of drug-likeness (QED) is 0.859. The number of halogens is 3. The molecule has 98 valence electrons. The van der Waals surface area contributed by atoms with Crippen molar-refractivity contribution in [1.29, 1.82) is 0 Å². The zero-order chi connectivity index (χ0) is 12.0. The van der Waals surface area contributed by atoms with E-state index in [1.165, 1.54) is 0 Å². The number of carbonyl (C=O) groups excluding carboxylic acids is 1. The first-order valence-corrected chi connectivity index (χ1v) is 6.80. The Labute approximate surface area is 125 Å². The van der Waals surface area contributed by atoms with E-state index in [-0.39, 0.29) is 18.3 Å². The predicted octanol–water partition coefficient (Wildman–Crippen LogP) is 2.47. The maximum Gasteiger partial charge on any atom is 0.253 e. The van der Waals surface area contributed by atoms with Crippen LogP contribution in [0.5, 0.6) is 0 Å². The molecule has 0 bridgehead atoms. The molecule has 1 aliphatic heterocycles. The number of piperidine rings is 1. The zero-order valence-corrected chi connectivity index (χ0v) is 12.6. The lowest BCUT2D eigenvalue weighted by Gasteiger charge is -2.09. The van der Waals surface area contributed by atoms with Gasteiger partial charge in [0, 0.05) is 23.6 Å². The minimum atomic E-state index is -0.0677. The van der Waals surface area contributed by atoms with E-state index in [1.54, 1.807) is 12.1 Å². The summed E-state index contributed by atoms with van der Waals surface area (Å²) < 4.78 is 0.881. The van der Waals surface area contributed by atoms with Crippen molar-refractivity contribution in [3.05, 3.63) is 33.3 Å². The normalized spacial score (nSPS) is 28.2. The monoisotopic (exact) mass is 350 g/mol. The second kappa shape index (κ2) is 5.37. The summed E-state index contributed by atoms with van der Waals surface area (Å²) in [6, 6.07) is 5.66. The molecule has 1 saturated carbocycles. The molecular weight excluding hydrogens is 339 g/mol. The summed E-state index contributed by atoms with van der Waals surface area (Å²) in [5.74, 6) is 1.17. The highest BCUT2D eigenvalue weighted by molar-refractivity contribution is 9.10. The Hall–Kier alpha value is -0.290. The van der Waals surface area contributed by atoms with Crippen LogP contribution in [-0.4, -0.2) is 25.0 Å². The van der Waals surface area contributed by atoms with E-state index in [9.17, 15) is 4.79 Å². The Morgan fingerprint density at radius 3 is 2.67 bits per heavy atom. The molecule has 1 heterocycles. The minimum Gasteiger partial charge on any atom is -0.349 e. The number of amides is 1. The van der Waals surface area contributed by atoms with E-state index in [0.717, 1.165) is 17.6 Å². The summed E-state index contributed by atoms with van der Waals surface area (Å²) in [4.78, 5) is 12.0. The van der Waals surface area contributed by atoms with Crippen molar-refractivity contribution >= 4 is 45.8 Å². The van der Waals surface area contributed by atoms with E-state index in [1.807, 2.05) is 6.07 Å². The van der Waals surface area contributed by atoms with Crippen LogP contribution < -0.4 is 10.6 Å². The van der Waals surface area contributed by atoms with Crippen molar-refractivity contribution in [2.75, 3.05) is 13.1 Å². The van der Waals surface area contributed by atoms with Gasteiger partial charge in [-0.2, -0.15) is 0 Å². The summed E-state index contributed by atoms with van der Waals surface area (Å²) in [6.45, 7) is 2.04. The molecule has 1 aromatic carbocycles. The smallest absolute Gasteiger partial charge is 0.253 e. The molecule has 1 aromatic rings. The van der Waals surface area contributed by atoms with Gasteiger partial charge >= 0.3 is 0 Å². The van der Waals surface area contributed by atoms with Crippen molar-refractivity contribution in [3.8, 4) is 0 Å². The summed E-state index contributed by atoms with van der Waals surface area (Å²) in [5, 5.41) is 6.84. The van der Waals surface area contributed by atoms with Crippen LogP contribution in [0.15, 0.2) is 22.7 Å². The van der Waals surface area contributed by atoms with Gasteiger partial charge in [0.15, 0.2) is 0 Å². The first-order valence-electron chi connectivity index (χ1n) is 5.63. The molecule has 0 aromatic heterocycles. The Kier molecular flexibility index (Phi) is 4.22. The molecule has 0 radical (unpaired) electrons. The summed E-state index contributed by atoms with van der Waals surface area (Å²) in [5.41, 5.74) is 0.549. The third kappa shape index (κ3) is 2.52.